The Hall–Kier alpha value is -3.55. The second-order valence-corrected chi connectivity index (χ2v) is 6.88. The number of rotatable bonds is 9. The van der Waals surface area contributed by atoms with Gasteiger partial charge in [0.15, 0.2) is 0 Å². The minimum absolute atomic E-state index is 0.0817. The van der Waals surface area contributed by atoms with E-state index in [0.29, 0.717) is 30.2 Å². The number of anilines is 1. The Balaban J connectivity index is 1.51. The van der Waals surface area contributed by atoms with E-state index in [1.54, 1.807) is 25.3 Å². The second-order valence-electron chi connectivity index (χ2n) is 6.88. The van der Waals surface area contributed by atoms with Crippen molar-refractivity contribution in [1.29, 1.82) is 0 Å². The molecule has 8 nitrogen and oxygen atoms in total. The summed E-state index contributed by atoms with van der Waals surface area (Å²) < 4.78 is 10.4. The summed E-state index contributed by atoms with van der Waals surface area (Å²) >= 11 is 0. The van der Waals surface area contributed by atoms with Crippen LogP contribution in [-0.2, 0) is 16.0 Å². The first kappa shape index (κ1) is 21.2. The molecule has 158 valence electrons. The van der Waals surface area contributed by atoms with Crippen LogP contribution in [0.2, 0.25) is 0 Å². The fourth-order valence-electron chi connectivity index (χ4n) is 3.26. The highest BCUT2D eigenvalue weighted by molar-refractivity contribution is 6.04. The lowest BCUT2D eigenvalue weighted by Crippen LogP contribution is -2.33. The van der Waals surface area contributed by atoms with Crippen LogP contribution < -0.4 is 20.1 Å². The minimum atomic E-state index is -0.697. The Morgan fingerprint density at radius 2 is 1.87 bits per heavy atom. The van der Waals surface area contributed by atoms with Gasteiger partial charge in [-0.25, -0.2) is 4.79 Å². The minimum Gasteiger partial charge on any atom is -0.497 e. The number of carbonyl (C=O) groups excluding carboxylic acids is 3. The first-order valence-corrected chi connectivity index (χ1v) is 9.69. The Labute approximate surface area is 175 Å². The van der Waals surface area contributed by atoms with E-state index in [-0.39, 0.29) is 24.7 Å². The van der Waals surface area contributed by atoms with Gasteiger partial charge in [0, 0.05) is 19.0 Å². The van der Waals surface area contributed by atoms with Crippen LogP contribution in [0.3, 0.4) is 0 Å². The fraction of sp³-hybridized carbons (Fsp3) is 0.318. The number of benzene rings is 2. The molecule has 2 N–H and O–H groups in total. The van der Waals surface area contributed by atoms with Crippen LogP contribution >= 0.6 is 0 Å². The van der Waals surface area contributed by atoms with Gasteiger partial charge in [-0.2, -0.15) is 0 Å². The van der Waals surface area contributed by atoms with Crippen molar-refractivity contribution in [2.24, 2.45) is 0 Å². The Morgan fingerprint density at radius 1 is 1.10 bits per heavy atom. The lowest BCUT2D eigenvalue weighted by molar-refractivity contribution is -0.127. The molecule has 0 spiro atoms. The van der Waals surface area contributed by atoms with Crippen molar-refractivity contribution < 1.29 is 23.9 Å². The van der Waals surface area contributed by atoms with Crippen LogP contribution in [0.1, 0.15) is 18.4 Å². The molecule has 0 bridgehead atoms. The molecule has 1 atom stereocenters. The molecule has 2 aromatic carbocycles. The van der Waals surface area contributed by atoms with E-state index in [9.17, 15) is 14.4 Å². The highest BCUT2D eigenvalue weighted by Crippen LogP contribution is 2.29. The molecule has 8 heteroatoms. The lowest BCUT2D eigenvalue weighted by Gasteiger charge is -2.13. The van der Waals surface area contributed by atoms with Crippen LogP contribution in [0.4, 0.5) is 10.5 Å². The second kappa shape index (κ2) is 9.78. The van der Waals surface area contributed by atoms with E-state index in [0.717, 1.165) is 5.56 Å². The van der Waals surface area contributed by atoms with Gasteiger partial charge >= 0.3 is 6.03 Å². The molecule has 0 aliphatic carbocycles. The summed E-state index contributed by atoms with van der Waals surface area (Å²) in [5.41, 5.74) is 1.56. The van der Waals surface area contributed by atoms with Gasteiger partial charge in [0.05, 0.1) is 19.9 Å². The van der Waals surface area contributed by atoms with Gasteiger partial charge in [-0.1, -0.05) is 30.3 Å². The smallest absolute Gasteiger partial charge is 0.324 e. The molecule has 1 aliphatic heterocycles. The number of nitrogens with zero attached hydrogens (tertiary/aromatic N) is 1. The third-order valence-corrected chi connectivity index (χ3v) is 4.92. The number of methoxy groups -OCH3 is 2. The topological polar surface area (TPSA) is 97.0 Å². The molecule has 2 aromatic rings. The molecule has 0 saturated carbocycles. The van der Waals surface area contributed by atoms with Gasteiger partial charge in [0.25, 0.3) is 5.91 Å². The van der Waals surface area contributed by atoms with E-state index < -0.39 is 12.1 Å². The molecule has 1 saturated heterocycles. The highest BCUT2D eigenvalue weighted by atomic mass is 16.5. The molecule has 30 heavy (non-hydrogen) atoms. The van der Waals surface area contributed by atoms with Crippen molar-refractivity contribution in [2.45, 2.75) is 25.3 Å². The zero-order valence-electron chi connectivity index (χ0n) is 17.0. The molecule has 0 unspecified atom stereocenters. The summed E-state index contributed by atoms with van der Waals surface area (Å²) in [4.78, 5) is 38.3. The molecular formula is C22H25N3O5. The van der Waals surface area contributed by atoms with E-state index in [1.807, 2.05) is 30.3 Å². The van der Waals surface area contributed by atoms with Gasteiger partial charge in [0.2, 0.25) is 5.91 Å². The van der Waals surface area contributed by atoms with E-state index in [2.05, 4.69) is 10.6 Å². The molecular weight excluding hydrogens is 386 g/mol. The number of imide groups is 1. The molecule has 0 aromatic heterocycles. The van der Waals surface area contributed by atoms with Gasteiger partial charge in [0.1, 0.15) is 17.5 Å². The summed E-state index contributed by atoms with van der Waals surface area (Å²) in [7, 11) is 3.05. The fourth-order valence-corrected chi connectivity index (χ4v) is 3.26. The summed E-state index contributed by atoms with van der Waals surface area (Å²) in [5.74, 6) is 0.508. The van der Waals surface area contributed by atoms with Crippen LogP contribution in [0.15, 0.2) is 48.5 Å². The number of nitrogens with one attached hydrogen (secondary N) is 2. The number of hydrogen-bond acceptors (Lipinski definition) is 5. The summed E-state index contributed by atoms with van der Waals surface area (Å²) in [5, 5.41) is 5.43. The lowest BCUT2D eigenvalue weighted by atomic mass is 10.1. The Morgan fingerprint density at radius 3 is 2.57 bits per heavy atom. The Bertz CT molecular complexity index is 916. The first-order chi connectivity index (χ1) is 14.5. The van der Waals surface area contributed by atoms with Crippen molar-refractivity contribution in [3.05, 3.63) is 54.1 Å². The maximum absolute atomic E-state index is 12.6. The average Bonchev–Trinajstić information content (AvgIpc) is 3.04. The number of urea groups is 1. The van der Waals surface area contributed by atoms with Crippen LogP contribution in [0, 0.1) is 0 Å². The monoisotopic (exact) mass is 411 g/mol. The number of hydrogen-bond donors (Lipinski definition) is 2. The molecule has 0 radical (unpaired) electrons. The highest BCUT2D eigenvalue weighted by Gasteiger charge is 2.37. The van der Waals surface area contributed by atoms with Crippen LogP contribution in [0.25, 0.3) is 0 Å². The van der Waals surface area contributed by atoms with Crippen molar-refractivity contribution in [2.75, 3.05) is 26.1 Å². The third kappa shape index (κ3) is 5.08. The van der Waals surface area contributed by atoms with Gasteiger partial charge in [-0.05, 0) is 30.5 Å². The van der Waals surface area contributed by atoms with Crippen molar-refractivity contribution in [3.63, 3.8) is 0 Å². The normalized spacial score (nSPS) is 15.7. The van der Waals surface area contributed by atoms with Gasteiger partial charge in [-0.3, -0.25) is 14.5 Å². The number of amides is 4. The maximum Gasteiger partial charge on any atom is 0.324 e. The third-order valence-electron chi connectivity index (χ3n) is 4.92. The van der Waals surface area contributed by atoms with Gasteiger partial charge < -0.3 is 20.1 Å². The first-order valence-electron chi connectivity index (χ1n) is 9.69. The predicted octanol–water partition coefficient (Wildman–Crippen LogP) is 2.59. The van der Waals surface area contributed by atoms with Crippen LogP contribution in [0.5, 0.6) is 11.5 Å². The largest absolute Gasteiger partial charge is 0.497 e. The molecule has 3 rings (SSSR count). The predicted molar refractivity (Wildman–Crippen MR) is 112 cm³/mol. The van der Waals surface area contributed by atoms with Crippen molar-refractivity contribution in [1.82, 2.24) is 10.2 Å². The quantitative estimate of drug-likeness (QED) is 0.618. The standard InChI is InChI=1S/C22H25N3O5/c1-29-16-8-9-17(19(14-16)30-2)23-20(26)11-10-18-21(27)25(22(28)24-18)13-12-15-6-4-3-5-7-15/h3-9,14,18H,10-13H2,1-2H3,(H,23,26)(H,24,28)/t18-/m0/s1. The molecule has 1 heterocycles. The van der Waals surface area contributed by atoms with Crippen LogP contribution in [-0.4, -0.2) is 49.6 Å². The molecule has 1 aliphatic rings. The summed E-state index contributed by atoms with van der Waals surface area (Å²) in [6.45, 7) is 0.306. The average molecular weight is 411 g/mol. The van der Waals surface area contributed by atoms with Crippen molar-refractivity contribution in [3.8, 4) is 11.5 Å². The van der Waals surface area contributed by atoms with E-state index in [1.165, 1.54) is 12.0 Å². The Kier molecular flexibility index (Phi) is 6.90. The van der Waals surface area contributed by atoms with Gasteiger partial charge in [-0.15, -0.1) is 0 Å². The number of ether oxygens (including phenoxy) is 2. The zero-order chi connectivity index (χ0) is 21.5. The zero-order valence-corrected chi connectivity index (χ0v) is 17.0. The number of carbonyl (C=O) groups is 3. The maximum atomic E-state index is 12.6. The molecule has 4 amide bonds. The molecule has 1 fully saturated rings. The van der Waals surface area contributed by atoms with E-state index >= 15 is 0 Å². The SMILES string of the molecule is COc1ccc(NC(=O)CC[C@@H]2NC(=O)N(CCc3ccccc3)C2=O)c(OC)c1. The summed E-state index contributed by atoms with van der Waals surface area (Å²) in [6, 6.07) is 13.6. The van der Waals surface area contributed by atoms with E-state index in [4.69, 9.17) is 9.47 Å². The summed E-state index contributed by atoms with van der Waals surface area (Å²) in [6.07, 6.45) is 0.888. The van der Waals surface area contributed by atoms with Crippen molar-refractivity contribution >= 4 is 23.5 Å².